The number of hydrogen-bond acceptors (Lipinski definition) is 2. The second-order valence-corrected chi connectivity index (χ2v) is 12.0. The third kappa shape index (κ3) is 8.29. The number of nitrogens with two attached hydrogens (primary N) is 2. The Hall–Kier alpha value is -1.96. The molecule has 4 N–H and O–H groups in total. The zero-order valence-corrected chi connectivity index (χ0v) is 22.3. The van der Waals surface area contributed by atoms with Crippen LogP contribution in [0.4, 0.5) is 11.4 Å². The monoisotopic (exact) mass is 474 g/mol. The number of unbranched alkanes of at least 4 members (excludes halogenated alkanes) is 3. The van der Waals surface area contributed by atoms with Gasteiger partial charge in [-0.3, -0.25) is 0 Å². The van der Waals surface area contributed by atoms with Gasteiger partial charge in [0.25, 0.3) is 0 Å². The second kappa shape index (κ2) is 13.4. The number of hydrogen-bond donors (Lipinski definition) is 2. The number of rotatable bonds is 11. The molecule has 0 bridgehead atoms. The summed E-state index contributed by atoms with van der Waals surface area (Å²) < 4.78 is 0. The molecule has 2 nitrogen and oxygen atoms in total. The minimum absolute atomic E-state index is 0.749. The summed E-state index contributed by atoms with van der Waals surface area (Å²) in [5.74, 6) is 3.81. The lowest BCUT2D eigenvalue weighted by Crippen LogP contribution is -2.18. The van der Waals surface area contributed by atoms with Crippen molar-refractivity contribution in [3.05, 3.63) is 59.2 Å². The van der Waals surface area contributed by atoms with Crippen LogP contribution in [0.25, 0.3) is 0 Å². The molecule has 2 aromatic carbocycles. The zero-order valence-electron chi connectivity index (χ0n) is 22.3. The van der Waals surface area contributed by atoms with Gasteiger partial charge in [0, 0.05) is 11.4 Å². The Labute approximate surface area is 215 Å². The summed E-state index contributed by atoms with van der Waals surface area (Å²) in [6.07, 6.45) is 22.8. The maximum atomic E-state index is 5.96. The molecule has 2 saturated carbocycles. The first kappa shape index (κ1) is 26.1. The van der Waals surface area contributed by atoms with Gasteiger partial charge >= 0.3 is 0 Å². The van der Waals surface area contributed by atoms with Crippen molar-refractivity contribution in [3.63, 3.8) is 0 Å². The van der Waals surface area contributed by atoms with E-state index in [-0.39, 0.29) is 0 Å². The van der Waals surface area contributed by atoms with E-state index in [9.17, 15) is 0 Å². The van der Waals surface area contributed by atoms with Gasteiger partial charge in [-0.2, -0.15) is 0 Å². The molecule has 2 aliphatic rings. The fourth-order valence-corrected chi connectivity index (χ4v) is 6.92. The van der Waals surface area contributed by atoms with Gasteiger partial charge in [0.05, 0.1) is 0 Å². The second-order valence-electron chi connectivity index (χ2n) is 12.0. The maximum absolute atomic E-state index is 5.96. The van der Waals surface area contributed by atoms with Crippen molar-refractivity contribution in [2.45, 2.75) is 116 Å². The molecular formula is C33H50N2. The third-order valence-electron chi connectivity index (χ3n) is 9.16. The number of nitrogen functional groups attached to an aromatic ring is 2. The molecule has 0 radical (unpaired) electrons. The van der Waals surface area contributed by atoms with Crippen molar-refractivity contribution >= 4 is 11.4 Å². The van der Waals surface area contributed by atoms with Gasteiger partial charge in [-0.25, -0.2) is 0 Å². The van der Waals surface area contributed by atoms with Gasteiger partial charge in [-0.05, 0) is 90.7 Å². The Bertz CT molecular complexity index is 850. The molecule has 192 valence electrons. The summed E-state index contributed by atoms with van der Waals surface area (Å²) in [5, 5.41) is 0. The maximum Gasteiger partial charge on any atom is 0.0337 e. The van der Waals surface area contributed by atoms with Crippen molar-refractivity contribution in [3.8, 4) is 0 Å². The summed E-state index contributed by atoms with van der Waals surface area (Å²) in [6.45, 7) is 2.32. The van der Waals surface area contributed by atoms with Crippen LogP contribution in [-0.2, 0) is 6.42 Å². The number of anilines is 2. The fraction of sp³-hybridized carbons (Fsp3) is 0.636. The standard InChI is InChI=1S/C33H50N2/c1-2-3-4-5-6-25-7-9-26(10-8-25)11-12-27-13-17-30(18-14-27)31-19-15-28(16-20-31)21-29-22-32(34)24-33(35)23-29/h15-16,19-20,22-27,30H,2-14,17-18,21,34-35H2,1H3. The van der Waals surface area contributed by atoms with E-state index in [2.05, 4.69) is 31.2 Å². The first-order valence-electron chi connectivity index (χ1n) is 14.8. The molecule has 0 unspecified atom stereocenters. The fourth-order valence-electron chi connectivity index (χ4n) is 6.92. The van der Waals surface area contributed by atoms with E-state index in [0.29, 0.717) is 0 Å². The van der Waals surface area contributed by atoms with Gasteiger partial charge in [0.2, 0.25) is 0 Å². The zero-order chi connectivity index (χ0) is 24.5. The molecule has 0 aromatic heterocycles. The summed E-state index contributed by atoms with van der Waals surface area (Å²) >= 11 is 0. The van der Waals surface area contributed by atoms with Crippen molar-refractivity contribution in [2.24, 2.45) is 17.8 Å². The summed E-state index contributed by atoms with van der Waals surface area (Å²) in [5.41, 5.74) is 17.5. The topological polar surface area (TPSA) is 52.0 Å². The molecule has 0 atom stereocenters. The van der Waals surface area contributed by atoms with Crippen LogP contribution in [0.2, 0.25) is 0 Å². The van der Waals surface area contributed by atoms with Crippen LogP contribution < -0.4 is 11.5 Å². The Morgan fingerprint density at radius 3 is 1.71 bits per heavy atom. The minimum Gasteiger partial charge on any atom is -0.399 e. The Morgan fingerprint density at radius 1 is 0.600 bits per heavy atom. The molecule has 2 fully saturated rings. The lowest BCUT2D eigenvalue weighted by atomic mass is 9.74. The highest BCUT2D eigenvalue weighted by atomic mass is 14.6. The molecular weight excluding hydrogens is 424 g/mol. The van der Waals surface area contributed by atoms with E-state index in [1.54, 1.807) is 0 Å². The molecule has 0 saturated heterocycles. The highest BCUT2D eigenvalue weighted by molar-refractivity contribution is 5.55. The average Bonchev–Trinajstić information content (AvgIpc) is 2.86. The van der Waals surface area contributed by atoms with E-state index in [1.807, 2.05) is 18.2 Å². The molecule has 2 aromatic rings. The first-order chi connectivity index (χ1) is 17.1. The van der Waals surface area contributed by atoms with Gasteiger partial charge in [-0.15, -0.1) is 0 Å². The van der Waals surface area contributed by atoms with Crippen LogP contribution in [0, 0.1) is 17.8 Å². The first-order valence-corrected chi connectivity index (χ1v) is 14.8. The quantitative estimate of drug-likeness (QED) is 0.252. The summed E-state index contributed by atoms with van der Waals surface area (Å²) in [4.78, 5) is 0. The molecule has 0 heterocycles. The lowest BCUT2D eigenvalue weighted by Gasteiger charge is -2.32. The van der Waals surface area contributed by atoms with Gasteiger partial charge in [-0.1, -0.05) is 102 Å². The van der Waals surface area contributed by atoms with Crippen LogP contribution in [0.5, 0.6) is 0 Å². The Balaban J connectivity index is 1.14. The predicted octanol–water partition coefficient (Wildman–Crippen LogP) is 9.27. The van der Waals surface area contributed by atoms with Crippen LogP contribution >= 0.6 is 0 Å². The molecule has 0 amide bonds. The molecule has 4 rings (SSSR count). The van der Waals surface area contributed by atoms with Gasteiger partial charge < -0.3 is 11.5 Å². The molecule has 0 spiro atoms. The third-order valence-corrected chi connectivity index (χ3v) is 9.16. The highest BCUT2D eigenvalue weighted by Gasteiger charge is 2.25. The van der Waals surface area contributed by atoms with E-state index < -0.39 is 0 Å². The Kier molecular flexibility index (Phi) is 9.98. The van der Waals surface area contributed by atoms with Crippen molar-refractivity contribution in [2.75, 3.05) is 11.5 Å². The van der Waals surface area contributed by atoms with Crippen LogP contribution in [0.1, 0.15) is 126 Å². The Morgan fingerprint density at radius 2 is 1.14 bits per heavy atom. The van der Waals surface area contributed by atoms with E-state index in [4.69, 9.17) is 11.5 Å². The van der Waals surface area contributed by atoms with Gasteiger partial charge in [0.1, 0.15) is 0 Å². The van der Waals surface area contributed by atoms with Gasteiger partial charge in [0.15, 0.2) is 0 Å². The SMILES string of the molecule is CCCCCCC1CCC(CCC2CCC(c3ccc(Cc4cc(N)cc(N)c4)cc3)CC2)CC1. The summed E-state index contributed by atoms with van der Waals surface area (Å²) in [6, 6.07) is 15.2. The van der Waals surface area contributed by atoms with Crippen molar-refractivity contribution in [1.29, 1.82) is 0 Å². The lowest BCUT2D eigenvalue weighted by molar-refractivity contribution is 0.222. The van der Waals surface area contributed by atoms with Crippen LogP contribution in [0.15, 0.2) is 42.5 Å². The normalized spacial score (nSPS) is 24.9. The molecule has 2 aliphatic carbocycles. The smallest absolute Gasteiger partial charge is 0.0337 e. The largest absolute Gasteiger partial charge is 0.399 e. The predicted molar refractivity (Wildman–Crippen MR) is 153 cm³/mol. The average molecular weight is 475 g/mol. The summed E-state index contributed by atoms with van der Waals surface area (Å²) in [7, 11) is 0. The minimum atomic E-state index is 0.749. The molecule has 2 heteroatoms. The highest BCUT2D eigenvalue weighted by Crippen LogP contribution is 2.40. The van der Waals surface area contributed by atoms with E-state index in [0.717, 1.165) is 41.5 Å². The molecule has 0 aliphatic heterocycles. The van der Waals surface area contributed by atoms with E-state index in [1.165, 1.54) is 113 Å². The van der Waals surface area contributed by atoms with E-state index >= 15 is 0 Å². The van der Waals surface area contributed by atoms with Crippen LogP contribution in [-0.4, -0.2) is 0 Å². The van der Waals surface area contributed by atoms with Crippen molar-refractivity contribution in [1.82, 2.24) is 0 Å². The van der Waals surface area contributed by atoms with Crippen molar-refractivity contribution < 1.29 is 0 Å². The van der Waals surface area contributed by atoms with Crippen LogP contribution in [0.3, 0.4) is 0 Å². The number of benzene rings is 2. The molecule has 35 heavy (non-hydrogen) atoms.